The first-order valence-corrected chi connectivity index (χ1v) is 9.77. The molecule has 1 saturated heterocycles. The molecule has 0 spiro atoms. The molecule has 1 N–H and O–H groups in total. The Bertz CT molecular complexity index is 795. The lowest BCUT2D eigenvalue weighted by atomic mass is 10.2. The molecule has 0 radical (unpaired) electrons. The minimum absolute atomic E-state index is 0.0184. The Morgan fingerprint density at radius 1 is 1.40 bits per heavy atom. The van der Waals surface area contributed by atoms with Gasteiger partial charge in [0.25, 0.3) is 5.69 Å². The predicted molar refractivity (Wildman–Crippen MR) is 84.0 cm³/mol. The molecule has 1 amide bonds. The van der Waals surface area contributed by atoms with E-state index in [2.05, 4.69) is 5.32 Å². The van der Waals surface area contributed by atoms with Crippen LogP contribution in [-0.4, -0.2) is 42.5 Å². The number of carbonyl (C=O) groups is 1. The van der Waals surface area contributed by atoms with Crippen LogP contribution in [0.2, 0.25) is 0 Å². The number of sulfone groups is 1. The summed E-state index contributed by atoms with van der Waals surface area (Å²) in [6, 6.07) is 1.56. The van der Waals surface area contributed by atoms with Gasteiger partial charge in [-0.3, -0.25) is 14.9 Å². The third-order valence-electron chi connectivity index (χ3n) is 3.44. The lowest BCUT2D eigenvalue weighted by molar-refractivity contribution is -0.388. The van der Waals surface area contributed by atoms with E-state index in [-0.39, 0.29) is 22.2 Å². The summed E-state index contributed by atoms with van der Waals surface area (Å²) in [5.41, 5.74) is -1.89. The van der Waals surface area contributed by atoms with E-state index in [1.165, 1.54) is 0 Å². The van der Waals surface area contributed by atoms with Crippen LogP contribution in [0.15, 0.2) is 23.1 Å². The van der Waals surface area contributed by atoms with Gasteiger partial charge in [-0.2, -0.15) is 13.2 Å². The van der Waals surface area contributed by atoms with Crippen molar-refractivity contribution in [2.75, 3.05) is 17.3 Å². The monoisotopic (exact) mass is 398 g/mol. The Morgan fingerprint density at radius 2 is 2.08 bits per heavy atom. The number of hydrogen-bond acceptors (Lipinski definition) is 6. The maximum atomic E-state index is 12.6. The summed E-state index contributed by atoms with van der Waals surface area (Å²) in [5.74, 6) is -0.997. The maximum Gasteiger partial charge on any atom is 0.416 e. The smallest absolute Gasteiger partial charge is 0.352 e. The van der Waals surface area contributed by atoms with E-state index in [0.717, 1.165) is 6.07 Å². The molecule has 7 nitrogen and oxygen atoms in total. The first-order valence-electron chi connectivity index (χ1n) is 6.96. The highest BCUT2D eigenvalue weighted by atomic mass is 32.2. The number of rotatable bonds is 5. The van der Waals surface area contributed by atoms with Gasteiger partial charge in [0.1, 0.15) is 0 Å². The van der Waals surface area contributed by atoms with E-state index in [1.54, 1.807) is 0 Å². The van der Waals surface area contributed by atoms with Gasteiger partial charge >= 0.3 is 6.18 Å². The van der Waals surface area contributed by atoms with Gasteiger partial charge in [-0.15, -0.1) is 11.8 Å². The van der Waals surface area contributed by atoms with Crippen LogP contribution in [-0.2, 0) is 20.8 Å². The Kier molecular flexibility index (Phi) is 5.62. The van der Waals surface area contributed by atoms with Gasteiger partial charge in [0.2, 0.25) is 5.91 Å². The molecule has 0 saturated carbocycles. The van der Waals surface area contributed by atoms with Crippen LogP contribution in [0.4, 0.5) is 18.9 Å². The van der Waals surface area contributed by atoms with Crippen molar-refractivity contribution >= 4 is 33.2 Å². The summed E-state index contributed by atoms with van der Waals surface area (Å²) in [6.07, 6.45) is -4.42. The molecular weight excluding hydrogens is 385 g/mol. The summed E-state index contributed by atoms with van der Waals surface area (Å²) in [4.78, 5) is 21.7. The average Bonchev–Trinajstić information content (AvgIpc) is 2.82. The molecule has 1 fully saturated rings. The van der Waals surface area contributed by atoms with Crippen molar-refractivity contribution in [1.82, 2.24) is 5.32 Å². The fourth-order valence-electron chi connectivity index (χ4n) is 2.28. The van der Waals surface area contributed by atoms with Crippen LogP contribution in [0.3, 0.4) is 0 Å². The number of nitrogens with one attached hydrogen (secondary N) is 1. The van der Waals surface area contributed by atoms with Crippen molar-refractivity contribution in [3.05, 3.63) is 33.9 Å². The quantitative estimate of drug-likeness (QED) is 0.462. The molecule has 1 aromatic rings. The highest BCUT2D eigenvalue weighted by molar-refractivity contribution is 8.00. The molecule has 138 valence electrons. The number of benzene rings is 1. The van der Waals surface area contributed by atoms with Crippen molar-refractivity contribution in [3.63, 3.8) is 0 Å². The lowest BCUT2D eigenvalue weighted by Gasteiger charge is -2.11. The molecule has 0 unspecified atom stereocenters. The molecule has 1 aliphatic rings. The van der Waals surface area contributed by atoms with Crippen molar-refractivity contribution in [2.45, 2.75) is 23.5 Å². The second-order valence-electron chi connectivity index (χ2n) is 5.39. The van der Waals surface area contributed by atoms with Crippen LogP contribution in [0.1, 0.15) is 12.0 Å². The zero-order valence-electron chi connectivity index (χ0n) is 12.6. The van der Waals surface area contributed by atoms with Crippen LogP contribution in [0, 0.1) is 10.1 Å². The molecule has 0 aliphatic carbocycles. The molecule has 12 heteroatoms. The third kappa shape index (κ3) is 5.33. The molecule has 2 rings (SSSR count). The van der Waals surface area contributed by atoms with Crippen LogP contribution in [0.25, 0.3) is 0 Å². The molecule has 0 bridgehead atoms. The second-order valence-corrected chi connectivity index (χ2v) is 8.64. The number of nitro groups is 1. The summed E-state index contributed by atoms with van der Waals surface area (Å²) >= 11 is 0.716. The van der Waals surface area contributed by atoms with Crippen molar-refractivity contribution in [3.8, 4) is 0 Å². The first-order chi connectivity index (χ1) is 11.5. The summed E-state index contributed by atoms with van der Waals surface area (Å²) in [6.45, 7) is 0. The van der Waals surface area contributed by atoms with Gasteiger partial charge in [-0.25, -0.2) is 8.42 Å². The summed E-state index contributed by atoms with van der Waals surface area (Å²) in [5, 5.41) is 13.5. The number of nitrogens with zero attached hydrogens (tertiary/aromatic N) is 1. The first kappa shape index (κ1) is 19.5. The zero-order valence-corrected chi connectivity index (χ0v) is 14.2. The number of thioether (sulfide) groups is 1. The van der Waals surface area contributed by atoms with Gasteiger partial charge < -0.3 is 5.32 Å². The molecule has 1 heterocycles. The van der Waals surface area contributed by atoms with Crippen molar-refractivity contribution in [1.29, 1.82) is 0 Å². The largest absolute Gasteiger partial charge is 0.416 e. The molecule has 1 aromatic carbocycles. The Balaban J connectivity index is 2.02. The Labute approximate surface area is 145 Å². The SMILES string of the molecule is O=C(CSc1ccc(C(F)(F)F)cc1[N+](=O)[O-])N[C@H]1CCS(=O)(=O)C1. The number of amides is 1. The topological polar surface area (TPSA) is 106 Å². The van der Waals surface area contributed by atoms with Gasteiger partial charge in [-0.1, -0.05) is 0 Å². The van der Waals surface area contributed by atoms with Gasteiger partial charge in [0.05, 0.1) is 32.6 Å². The fourth-order valence-corrected chi connectivity index (χ4v) is 4.77. The minimum Gasteiger partial charge on any atom is -0.352 e. The molecule has 1 aliphatic heterocycles. The summed E-state index contributed by atoms with van der Waals surface area (Å²) < 4.78 is 60.5. The zero-order chi connectivity index (χ0) is 18.8. The van der Waals surface area contributed by atoms with E-state index in [4.69, 9.17) is 0 Å². The lowest BCUT2D eigenvalue weighted by Crippen LogP contribution is -2.36. The molecular formula is C13H13F3N2O5S2. The predicted octanol–water partition coefficient (Wildman–Crippen LogP) is 2.01. The van der Waals surface area contributed by atoms with Crippen LogP contribution >= 0.6 is 11.8 Å². The normalized spacial score (nSPS) is 19.6. The number of halogens is 3. The number of alkyl halides is 3. The van der Waals surface area contributed by atoms with Crippen molar-refractivity contribution in [2.24, 2.45) is 0 Å². The third-order valence-corrected chi connectivity index (χ3v) is 6.27. The van der Waals surface area contributed by atoms with E-state index in [9.17, 15) is 36.5 Å². The van der Waals surface area contributed by atoms with Crippen LogP contribution in [0.5, 0.6) is 0 Å². The summed E-state index contributed by atoms with van der Waals surface area (Å²) in [7, 11) is -3.16. The number of carbonyl (C=O) groups excluding carboxylic acids is 1. The van der Waals surface area contributed by atoms with Crippen molar-refractivity contribution < 1.29 is 31.3 Å². The Morgan fingerprint density at radius 3 is 2.60 bits per heavy atom. The van der Waals surface area contributed by atoms with E-state index in [1.807, 2.05) is 0 Å². The number of hydrogen-bond donors (Lipinski definition) is 1. The van der Waals surface area contributed by atoms with E-state index >= 15 is 0 Å². The average molecular weight is 398 g/mol. The van der Waals surface area contributed by atoms with E-state index in [0.29, 0.717) is 30.3 Å². The maximum absolute atomic E-state index is 12.6. The highest BCUT2D eigenvalue weighted by Crippen LogP contribution is 2.36. The highest BCUT2D eigenvalue weighted by Gasteiger charge is 2.33. The standard InChI is InChI=1S/C13H13F3N2O5S2/c14-13(15,16)8-1-2-11(10(5-8)18(20)21)24-6-12(19)17-9-3-4-25(22,23)7-9/h1-2,5,9H,3-4,6-7H2,(H,17,19)/t9-/m0/s1. The second kappa shape index (κ2) is 7.20. The van der Waals surface area contributed by atoms with Gasteiger partial charge in [-0.05, 0) is 18.6 Å². The van der Waals surface area contributed by atoms with Gasteiger partial charge in [0, 0.05) is 12.1 Å². The Hall–Kier alpha value is -1.82. The van der Waals surface area contributed by atoms with E-state index < -0.39 is 44.1 Å². The fraction of sp³-hybridized carbons (Fsp3) is 0.462. The number of nitro benzene ring substituents is 1. The van der Waals surface area contributed by atoms with Crippen LogP contribution < -0.4 is 5.32 Å². The minimum atomic E-state index is -4.71. The molecule has 0 aromatic heterocycles. The molecule has 1 atom stereocenters. The molecule has 25 heavy (non-hydrogen) atoms. The van der Waals surface area contributed by atoms with Gasteiger partial charge in [0.15, 0.2) is 9.84 Å².